The third-order valence-corrected chi connectivity index (χ3v) is 4.26. The number of rotatable bonds is 3. The number of piperazine rings is 1. The molecule has 5 nitrogen and oxygen atoms in total. The van der Waals surface area contributed by atoms with E-state index in [4.69, 9.17) is 5.73 Å². The highest BCUT2D eigenvalue weighted by molar-refractivity contribution is 5.89. The van der Waals surface area contributed by atoms with E-state index >= 15 is 0 Å². The van der Waals surface area contributed by atoms with Crippen LogP contribution in [-0.2, 0) is 9.59 Å². The van der Waals surface area contributed by atoms with Crippen molar-refractivity contribution in [3.63, 3.8) is 0 Å². The molecule has 1 aliphatic carbocycles. The fourth-order valence-electron chi connectivity index (χ4n) is 2.76. The van der Waals surface area contributed by atoms with Crippen molar-refractivity contribution in [2.45, 2.75) is 31.8 Å². The highest BCUT2D eigenvalue weighted by atomic mass is 16.2. The van der Waals surface area contributed by atoms with Gasteiger partial charge in [-0.05, 0) is 25.3 Å². The van der Waals surface area contributed by atoms with E-state index in [1.54, 1.807) is 4.90 Å². The summed E-state index contributed by atoms with van der Waals surface area (Å²) >= 11 is 0. The van der Waals surface area contributed by atoms with Crippen molar-refractivity contribution in [3.05, 3.63) is 35.4 Å². The lowest BCUT2D eigenvalue weighted by atomic mass is 10.0. The fourth-order valence-corrected chi connectivity index (χ4v) is 2.76. The van der Waals surface area contributed by atoms with Crippen LogP contribution in [0.3, 0.4) is 0 Å². The first-order chi connectivity index (χ1) is 10.1. The Bertz CT molecular complexity index is 551. The summed E-state index contributed by atoms with van der Waals surface area (Å²) in [7, 11) is 0. The van der Waals surface area contributed by atoms with Gasteiger partial charge in [0.1, 0.15) is 6.04 Å². The Hall–Kier alpha value is -1.88. The van der Waals surface area contributed by atoms with Gasteiger partial charge >= 0.3 is 0 Å². The average Bonchev–Trinajstić information content (AvgIpc) is 3.31. The number of aryl methyl sites for hydroxylation is 1. The lowest BCUT2D eigenvalue weighted by molar-refractivity contribution is -0.146. The maximum atomic E-state index is 12.5. The summed E-state index contributed by atoms with van der Waals surface area (Å²) in [4.78, 5) is 28.0. The van der Waals surface area contributed by atoms with Gasteiger partial charge in [-0.2, -0.15) is 0 Å². The van der Waals surface area contributed by atoms with E-state index in [-0.39, 0.29) is 18.4 Å². The summed E-state index contributed by atoms with van der Waals surface area (Å²) in [5, 5.41) is 0. The first-order valence-electron chi connectivity index (χ1n) is 7.46. The third kappa shape index (κ3) is 2.93. The Morgan fingerprint density at radius 1 is 1.24 bits per heavy atom. The number of amides is 2. The Labute approximate surface area is 124 Å². The van der Waals surface area contributed by atoms with Crippen LogP contribution in [0.1, 0.15) is 30.0 Å². The number of hydrogen-bond acceptors (Lipinski definition) is 3. The smallest absolute Gasteiger partial charge is 0.244 e. The summed E-state index contributed by atoms with van der Waals surface area (Å²) in [5.41, 5.74) is 7.98. The lowest BCUT2D eigenvalue weighted by Gasteiger charge is -2.35. The van der Waals surface area contributed by atoms with Crippen LogP contribution < -0.4 is 5.73 Å². The molecule has 5 heteroatoms. The zero-order valence-corrected chi connectivity index (χ0v) is 12.3. The monoisotopic (exact) mass is 287 g/mol. The molecule has 0 aromatic heterocycles. The molecular weight excluding hydrogens is 266 g/mol. The molecule has 1 saturated heterocycles. The Morgan fingerprint density at radius 2 is 1.90 bits per heavy atom. The van der Waals surface area contributed by atoms with Crippen molar-refractivity contribution in [1.82, 2.24) is 9.80 Å². The summed E-state index contributed by atoms with van der Waals surface area (Å²) in [6, 6.07) is 7.36. The standard InChI is InChI=1S/C16H21N3O2/c1-11-2-4-12(5-3-11)15(17)16(21)18-8-9-19(13-6-7-13)14(20)10-18/h2-5,13,15H,6-10,17H2,1H3. The van der Waals surface area contributed by atoms with Crippen molar-refractivity contribution in [2.75, 3.05) is 19.6 Å². The lowest BCUT2D eigenvalue weighted by Crippen LogP contribution is -2.54. The number of carbonyl (C=O) groups is 2. The molecule has 0 radical (unpaired) electrons. The molecule has 21 heavy (non-hydrogen) atoms. The molecular formula is C16H21N3O2. The van der Waals surface area contributed by atoms with Crippen molar-refractivity contribution in [3.8, 4) is 0 Å². The maximum Gasteiger partial charge on any atom is 0.244 e. The second-order valence-electron chi connectivity index (χ2n) is 5.97. The van der Waals surface area contributed by atoms with E-state index in [0.29, 0.717) is 19.1 Å². The van der Waals surface area contributed by atoms with Crippen LogP contribution in [0.4, 0.5) is 0 Å². The topological polar surface area (TPSA) is 66.6 Å². The van der Waals surface area contributed by atoms with Gasteiger partial charge in [-0.3, -0.25) is 9.59 Å². The molecule has 1 aromatic rings. The maximum absolute atomic E-state index is 12.5. The predicted octanol–water partition coefficient (Wildman–Crippen LogP) is 0.828. The highest BCUT2D eigenvalue weighted by Crippen LogP contribution is 2.28. The molecule has 2 N–H and O–H groups in total. The minimum Gasteiger partial charge on any atom is -0.336 e. The van der Waals surface area contributed by atoms with Gasteiger partial charge in [0.15, 0.2) is 0 Å². The molecule has 2 fully saturated rings. The van der Waals surface area contributed by atoms with Crippen molar-refractivity contribution >= 4 is 11.8 Å². The van der Waals surface area contributed by atoms with Crippen molar-refractivity contribution in [1.29, 1.82) is 0 Å². The molecule has 1 aliphatic heterocycles. The number of nitrogens with zero attached hydrogens (tertiary/aromatic N) is 2. The summed E-state index contributed by atoms with van der Waals surface area (Å²) in [6.07, 6.45) is 2.20. The van der Waals surface area contributed by atoms with Crippen LogP contribution in [0.5, 0.6) is 0 Å². The minimum absolute atomic E-state index is 0.0493. The van der Waals surface area contributed by atoms with Crippen LogP contribution in [0.15, 0.2) is 24.3 Å². The number of hydrogen-bond donors (Lipinski definition) is 1. The zero-order chi connectivity index (χ0) is 15.0. The Kier molecular flexibility index (Phi) is 3.68. The van der Waals surface area contributed by atoms with Crippen LogP contribution in [0.25, 0.3) is 0 Å². The van der Waals surface area contributed by atoms with Gasteiger partial charge in [-0.15, -0.1) is 0 Å². The number of benzene rings is 1. The largest absolute Gasteiger partial charge is 0.336 e. The molecule has 1 atom stereocenters. The fraction of sp³-hybridized carbons (Fsp3) is 0.500. The van der Waals surface area contributed by atoms with Gasteiger partial charge in [0.05, 0.1) is 6.54 Å². The van der Waals surface area contributed by atoms with Gasteiger partial charge < -0.3 is 15.5 Å². The molecule has 0 bridgehead atoms. The number of carbonyl (C=O) groups excluding carboxylic acids is 2. The molecule has 1 aromatic carbocycles. The van der Waals surface area contributed by atoms with E-state index in [1.807, 2.05) is 36.1 Å². The normalized spacial score (nSPS) is 20.6. The van der Waals surface area contributed by atoms with E-state index in [2.05, 4.69) is 0 Å². The minimum atomic E-state index is -0.689. The van der Waals surface area contributed by atoms with Crippen molar-refractivity contribution < 1.29 is 9.59 Å². The van der Waals surface area contributed by atoms with Crippen LogP contribution >= 0.6 is 0 Å². The molecule has 1 unspecified atom stereocenters. The quantitative estimate of drug-likeness (QED) is 0.895. The van der Waals surface area contributed by atoms with Gasteiger partial charge in [0.2, 0.25) is 11.8 Å². The molecule has 0 spiro atoms. The first kappa shape index (κ1) is 14.1. The molecule has 2 aliphatic rings. The first-order valence-corrected chi connectivity index (χ1v) is 7.46. The van der Waals surface area contributed by atoms with Crippen LogP contribution in [0, 0.1) is 6.92 Å². The highest BCUT2D eigenvalue weighted by Gasteiger charge is 2.37. The van der Waals surface area contributed by atoms with Gasteiger partial charge in [-0.1, -0.05) is 29.8 Å². The van der Waals surface area contributed by atoms with Gasteiger partial charge in [-0.25, -0.2) is 0 Å². The van der Waals surface area contributed by atoms with E-state index in [1.165, 1.54) is 0 Å². The summed E-state index contributed by atoms with van der Waals surface area (Å²) in [5.74, 6) is -0.115. The summed E-state index contributed by atoms with van der Waals surface area (Å²) in [6.45, 7) is 3.37. The third-order valence-electron chi connectivity index (χ3n) is 4.26. The summed E-state index contributed by atoms with van der Waals surface area (Å²) < 4.78 is 0. The van der Waals surface area contributed by atoms with Crippen LogP contribution in [0.2, 0.25) is 0 Å². The average molecular weight is 287 g/mol. The van der Waals surface area contributed by atoms with Gasteiger partial charge in [0, 0.05) is 19.1 Å². The van der Waals surface area contributed by atoms with Crippen molar-refractivity contribution in [2.24, 2.45) is 5.73 Å². The molecule has 1 saturated carbocycles. The second kappa shape index (κ2) is 5.48. The zero-order valence-electron chi connectivity index (χ0n) is 12.3. The second-order valence-corrected chi connectivity index (χ2v) is 5.97. The van der Waals surface area contributed by atoms with E-state index in [9.17, 15) is 9.59 Å². The van der Waals surface area contributed by atoms with E-state index in [0.717, 1.165) is 24.0 Å². The number of nitrogens with two attached hydrogens (primary N) is 1. The predicted molar refractivity (Wildman–Crippen MR) is 79.4 cm³/mol. The molecule has 1 heterocycles. The molecule has 2 amide bonds. The SMILES string of the molecule is Cc1ccc(C(N)C(=O)N2CCN(C3CC3)C(=O)C2)cc1. The Morgan fingerprint density at radius 3 is 2.48 bits per heavy atom. The molecule has 3 rings (SSSR count). The van der Waals surface area contributed by atoms with Gasteiger partial charge in [0.25, 0.3) is 0 Å². The van der Waals surface area contributed by atoms with E-state index < -0.39 is 6.04 Å². The van der Waals surface area contributed by atoms with Crippen LogP contribution in [-0.4, -0.2) is 47.3 Å². The molecule has 112 valence electrons. The Balaban J connectivity index is 1.65.